The largest absolute Gasteiger partial charge is 0.448 e. The van der Waals surface area contributed by atoms with Crippen molar-refractivity contribution in [1.29, 1.82) is 0 Å². The van der Waals surface area contributed by atoms with E-state index in [0.29, 0.717) is 5.88 Å². The molecule has 1 aromatic heterocycles. The minimum absolute atomic E-state index is 0.195. The van der Waals surface area contributed by atoms with E-state index < -0.39 is 0 Å². The average Bonchev–Trinajstić information content (AvgIpc) is 2.72. The predicted octanol–water partition coefficient (Wildman–Crippen LogP) is 3.25. The lowest BCUT2D eigenvalue weighted by Crippen LogP contribution is -2.17. The van der Waals surface area contributed by atoms with Crippen LogP contribution >= 0.6 is 11.6 Å². The molecular formula is C10H14ClNO. The van der Waals surface area contributed by atoms with Gasteiger partial charge in [-0.2, -0.15) is 0 Å². The molecule has 0 unspecified atom stereocenters. The van der Waals surface area contributed by atoms with Crippen LogP contribution in [0.5, 0.6) is 0 Å². The molecule has 0 spiro atoms. The van der Waals surface area contributed by atoms with Gasteiger partial charge in [0, 0.05) is 5.41 Å². The van der Waals surface area contributed by atoms with Crippen LogP contribution in [0.1, 0.15) is 44.1 Å². The maximum Gasteiger partial charge on any atom is 0.181 e. The summed E-state index contributed by atoms with van der Waals surface area (Å²) in [6.07, 6.45) is 6.49. The van der Waals surface area contributed by atoms with Gasteiger partial charge in [-0.05, 0) is 12.8 Å². The van der Waals surface area contributed by atoms with E-state index in [2.05, 4.69) is 11.9 Å². The van der Waals surface area contributed by atoms with Crippen LogP contribution in [0.2, 0.25) is 0 Å². The van der Waals surface area contributed by atoms with Gasteiger partial charge < -0.3 is 4.42 Å². The fraction of sp³-hybridized carbons (Fsp3) is 0.700. The number of hydrogen-bond donors (Lipinski definition) is 0. The summed E-state index contributed by atoms with van der Waals surface area (Å²) in [6, 6.07) is 0. The highest BCUT2D eigenvalue weighted by molar-refractivity contribution is 6.16. The lowest BCUT2D eigenvalue weighted by Gasteiger charge is -2.20. The Bertz CT molecular complexity index is 289. The number of hydrogen-bond acceptors (Lipinski definition) is 2. The molecule has 1 heterocycles. The van der Waals surface area contributed by atoms with E-state index in [9.17, 15) is 0 Å². The highest BCUT2D eigenvalue weighted by Crippen LogP contribution is 2.41. The molecular weight excluding hydrogens is 186 g/mol. The first-order chi connectivity index (χ1) is 6.26. The van der Waals surface area contributed by atoms with Crippen molar-refractivity contribution in [3.63, 3.8) is 0 Å². The number of halogens is 1. The van der Waals surface area contributed by atoms with Crippen LogP contribution in [0.4, 0.5) is 0 Å². The maximum absolute atomic E-state index is 5.79. The van der Waals surface area contributed by atoms with Gasteiger partial charge in [0.15, 0.2) is 6.39 Å². The summed E-state index contributed by atoms with van der Waals surface area (Å²) >= 11 is 5.79. The molecule has 1 aliphatic rings. The zero-order valence-electron chi connectivity index (χ0n) is 7.85. The van der Waals surface area contributed by atoms with Gasteiger partial charge in [-0.25, -0.2) is 4.98 Å². The van der Waals surface area contributed by atoms with E-state index in [-0.39, 0.29) is 5.41 Å². The minimum Gasteiger partial charge on any atom is -0.448 e. The van der Waals surface area contributed by atoms with Crippen molar-refractivity contribution in [3.05, 3.63) is 17.8 Å². The van der Waals surface area contributed by atoms with Crippen LogP contribution in [0.15, 0.2) is 10.8 Å². The summed E-state index contributed by atoms with van der Waals surface area (Å²) in [4.78, 5) is 4.13. The fourth-order valence-electron chi connectivity index (χ4n) is 2.24. The number of nitrogens with zero attached hydrogens (tertiary/aromatic N) is 1. The molecule has 0 radical (unpaired) electrons. The lowest BCUT2D eigenvalue weighted by molar-refractivity contribution is 0.363. The van der Waals surface area contributed by atoms with E-state index in [0.717, 1.165) is 11.5 Å². The molecule has 2 rings (SSSR count). The second kappa shape index (κ2) is 3.33. The first-order valence-electron chi connectivity index (χ1n) is 4.75. The van der Waals surface area contributed by atoms with Gasteiger partial charge in [-0.1, -0.05) is 19.8 Å². The Morgan fingerprint density at radius 2 is 2.23 bits per heavy atom. The van der Waals surface area contributed by atoms with Gasteiger partial charge in [-0.15, -0.1) is 11.6 Å². The Balaban J connectivity index is 2.32. The second-order valence-electron chi connectivity index (χ2n) is 4.03. The van der Waals surface area contributed by atoms with Crippen molar-refractivity contribution < 1.29 is 4.42 Å². The summed E-state index contributed by atoms with van der Waals surface area (Å²) in [5.41, 5.74) is 1.12. The quantitative estimate of drug-likeness (QED) is 0.684. The molecule has 1 fully saturated rings. The van der Waals surface area contributed by atoms with E-state index in [1.54, 1.807) is 0 Å². The van der Waals surface area contributed by atoms with Crippen molar-refractivity contribution in [2.24, 2.45) is 0 Å². The summed E-state index contributed by atoms with van der Waals surface area (Å²) in [5.74, 6) is 1.47. The monoisotopic (exact) mass is 199 g/mol. The first kappa shape index (κ1) is 9.07. The van der Waals surface area contributed by atoms with Crippen molar-refractivity contribution in [2.45, 2.75) is 43.9 Å². The van der Waals surface area contributed by atoms with Gasteiger partial charge in [0.25, 0.3) is 0 Å². The maximum atomic E-state index is 5.79. The molecule has 0 N–H and O–H groups in total. The number of rotatable bonds is 2. The third-order valence-electron chi connectivity index (χ3n) is 3.02. The smallest absolute Gasteiger partial charge is 0.181 e. The van der Waals surface area contributed by atoms with Crippen molar-refractivity contribution in [1.82, 2.24) is 4.98 Å². The molecule has 1 aromatic rings. The molecule has 0 bridgehead atoms. The molecule has 2 nitrogen and oxygen atoms in total. The summed E-state index contributed by atoms with van der Waals surface area (Å²) in [7, 11) is 0. The fourth-order valence-corrected chi connectivity index (χ4v) is 2.43. The number of aromatic nitrogens is 1. The lowest BCUT2D eigenvalue weighted by atomic mass is 9.85. The zero-order chi connectivity index (χ0) is 9.31. The van der Waals surface area contributed by atoms with E-state index >= 15 is 0 Å². The average molecular weight is 200 g/mol. The molecule has 3 heteroatoms. The number of alkyl halides is 1. The Labute approximate surface area is 83.3 Å². The molecule has 0 amide bonds. The summed E-state index contributed by atoms with van der Waals surface area (Å²) in [6.45, 7) is 2.25. The van der Waals surface area contributed by atoms with Crippen molar-refractivity contribution in [2.75, 3.05) is 0 Å². The topological polar surface area (TPSA) is 26.0 Å². The van der Waals surface area contributed by atoms with Crippen LogP contribution in [-0.2, 0) is 11.3 Å². The Kier molecular flexibility index (Phi) is 2.33. The van der Waals surface area contributed by atoms with Crippen LogP contribution in [0.25, 0.3) is 0 Å². The third kappa shape index (κ3) is 1.48. The standard InChI is InChI=1S/C10H14ClNO/c1-10(4-2-3-5-10)9-8(6-11)12-7-13-9/h7H,2-6H2,1H3. The van der Waals surface area contributed by atoms with Crippen molar-refractivity contribution in [3.8, 4) is 0 Å². The predicted molar refractivity (Wildman–Crippen MR) is 51.9 cm³/mol. The molecule has 1 aliphatic carbocycles. The third-order valence-corrected chi connectivity index (χ3v) is 3.28. The molecule has 0 aromatic carbocycles. The first-order valence-corrected chi connectivity index (χ1v) is 5.28. The van der Waals surface area contributed by atoms with E-state index in [1.165, 1.54) is 32.1 Å². The van der Waals surface area contributed by atoms with Crippen LogP contribution in [-0.4, -0.2) is 4.98 Å². The van der Waals surface area contributed by atoms with Gasteiger partial charge in [0.2, 0.25) is 0 Å². The van der Waals surface area contributed by atoms with Gasteiger partial charge in [-0.3, -0.25) is 0 Å². The molecule has 13 heavy (non-hydrogen) atoms. The molecule has 1 saturated carbocycles. The van der Waals surface area contributed by atoms with Gasteiger partial charge >= 0.3 is 0 Å². The van der Waals surface area contributed by atoms with Crippen LogP contribution in [0.3, 0.4) is 0 Å². The minimum atomic E-state index is 0.195. The molecule has 72 valence electrons. The highest BCUT2D eigenvalue weighted by atomic mass is 35.5. The Morgan fingerprint density at radius 3 is 2.85 bits per heavy atom. The number of oxazole rings is 1. The summed E-state index contributed by atoms with van der Waals surface area (Å²) < 4.78 is 5.45. The molecule has 0 atom stereocenters. The SMILES string of the molecule is CC1(c2ocnc2CCl)CCCC1. The summed E-state index contributed by atoms with van der Waals surface area (Å²) in [5, 5.41) is 0. The normalized spacial score (nSPS) is 20.8. The van der Waals surface area contributed by atoms with E-state index in [1.807, 2.05) is 0 Å². The highest BCUT2D eigenvalue weighted by Gasteiger charge is 2.35. The molecule has 0 saturated heterocycles. The Morgan fingerprint density at radius 1 is 1.54 bits per heavy atom. The van der Waals surface area contributed by atoms with Gasteiger partial charge in [0.05, 0.1) is 11.6 Å². The van der Waals surface area contributed by atoms with Crippen LogP contribution in [0, 0.1) is 0 Å². The van der Waals surface area contributed by atoms with Crippen molar-refractivity contribution >= 4 is 11.6 Å². The Hall–Kier alpha value is -0.500. The molecule has 0 aliphatic heterocycles. The second-order valence-corrected chi connectivity index (χ2v) is 4.30. The van der Waals surface area contributed by atoms with Gasteiger partial charge in [0.1, 0.15) is 5.76 Å². The zero-order valence-corrected chi connectivity index (χ0v) is 8.60. The van der Waals surface area contributed by atoms with E-state index in [4.69, 9.17) is 16.0 Å². The van der Waals surface area contributed by atoms with Crippen LogP contribution < -0.4 is 0 Å².